The number of hydrogen-bond acceptors (Lipinski definition) is 3. The minimum Gasteiger partial charge on any atom is -0.338 e. The molecule has 3 nitrogen and oxygen atoms in total. The predicted molar refractivity (Wildman–Crippen MR) is 80.7 cm³/mol. The minimum atomic E-state index is 0.219. The van der Waals surface area contributed by atoms with E-state index in [4.69, 9.17) is 0 Å². The van der Waals surface area contributed by atoms with Crippen LogP contribution in [-0.4, -0.2) is 48.4 Å². The van der Waals surface area contributed by atoms with Crippen molar-refractivity contribution >= 4 is 17.2 Å². The lowest BCUT2D eigenvalue weighted by Gasteiger charge is -2.34. The van der Waals surface area contributed by atoms with Gasteiger partial charge in [-0.1, -0.05) is 19.9 Å². The SMILES string of the molecule is CCN(CC)CC1CCN(C(=O)c2cccs2)CC1. The second-order valence-electron chi connectivity index (χ2n) is 5.20. The van der Waals surface area contributed by atoms with Crippen molar-refractivity contribution in [1.29, 1.82) is 0 Å². The molecule has 0 bridgehead atoms. The summed E-state index contributed by atoms with van der Waals surface area (Å²) in [6.07, 6.45) is 2.29. The highest BCUT2D eigenvalue weighted by Crippen LogP contribution is 2.21. The van der Waals surface area contributed by atoms with Crippen LogP contribution >= 0.6 is 11.3 Å². The smallest absolute Gasteiger partial charge is 0.263 e. The van der Waals surface area contributed by atoms with E-state index in [2.05, 4.69) is 18.7 Å². The molecule has 19 heavy (non-hydrogen) atoms. The van der Waals surface area contributed by atoms with Gasteiger partial charge in [-0.3, -0.25) is 4.79 Å². The monoisotopic (exact) mass is 280 g/mol. The van der Waals surface area contributed by atoms with Crippen LogP contribution in [-0.2, 0) is 0 Å². The predicted octanol–water partition coefficient (Wildman–Crippen LogP) is 2.94. The first-order valence-corrected chi connectivity index (χ1v) is 8.17. The van der Waals surface area contributed by atoms with Crippen LogP contribution in [0.2, 0.25) is 0 Å². The van der Waals surface area contributed by atoms with Crippen LogP contribution in [0, 0.1) is 5.92 Å². The first-order valence-electron chi connectivity index (χ1n) is 7.29. The number of likely N-dealkylation sites (tertiary alicyclic amines) is 1. The Morgan fingerprint density at radius 1 is 1.37 bits per heavy atom. The summed E-state index contributed by atoms with van der Waals surface area (Å²) < 4.78 is 0. The van der Waals surface area contributed by atoms with Crippen molar-refractivity contribution in [3.63, 3.8) is 0 Å². The number of nitrogens with zero attached hydrogens (tertiary/aromatic N) is 2. The van der Waals surface area contributed by atoms with Gasteiger partial charge in [-0.25, -0.2) is 0 Å². The average Bonchev–Trinajstić information content (AvgIpc) is 2.99. The van der Waals surface area contributed by atoms with Gasteiger partial charge in [0.05, 0.1) is 4.88 Å². The summed E-state index contributed by atoms with van der Waals surface area (Å²) in [4.78, 5) is 17.6. The Kier molecular flexibility index (Phi) is 5.40. The van der Waals surface area contributed by atoms with Gasteiger partial charge in [0.1, 0.15) is 0 Å². The number of rotatable bonds is 5. The van der Waals surface area contributed by atoms with E-state index in [1.807, 2.05) is 22.4 Å². The normalized spacial score (nSPS) is 17.1. The van der Waals surface area contributed by atoms with Crippen LogP contribution in [0.5, 0.6) is 0 Å². The number of piperidine rings is 1. The van der Waals surface area contributed by atoms with Crippen molar-refractivity contribution in [1.82, 2.24) is 9.80 Å². The number of carbonyl (C=O) groups is 1. The molecular weight excluding hydrogens is 256 g/mol. The second-order valence-corrected chi connectivity index (χ2v) is 6.15. The molecule has 0 aliphatic carbocycles. The molecule has 1 aliphatic rings. The molecule has 1 amide bonds. The van der Waals surface area contributed by atoms with E-state index in [0.717, 1.165) is 49.8 Å². The van der Waals surface area contributed by atoms with E-state index in [0.29, 0.717) is 0 Å². The summed E-state index contributed by atoms with van der Waals surface area (Å²) in [6.45, 7) is 9.73. The number of thiophene rings is 1. The van der Waals surface area contributed by atoms with Gasteiger partial charge in [0.25, 0.3) is 5.91 Å². The molecule has 1 aromatic rings. The van der Waals surface area contributed by atoms with Crippen LogP contribution in [0.3, 0.4) is 0 Å². The summed E-state index contributed by atoms with van der Waals surface area (Å²) in [5.41, 5.74) is 0. The summed E-state index contributed by atoms with van der Waals surface area (Å²) in [5, 5.41) is 1.97. The number of hydrogen-bond donors (Lipinski definition) is 0. The molecule has 0 saturated carbocycles. The molecule has 1 fully saturated rings. The highest BCUT2D eigenvalue weighted by molar-refractivity contribution is 7.12. The third kappa shape index (κ3) is 3.80. The first kappa shape index (κ1) is 14.5. The third-order valence-corrected chi connectivity index (χ3v) is 4.90. The van der Waals surface area contributed by atoms with E-state index in [9.17, 15) is 4.79 Å². The molecule has 1 aromatic heterocycles. The van der Waals surface area contributed by atoms with E-state index in [-0.39, 0.29) is 5.91 Å². The zero-order valence-corrected chi connectivity index (χ0v) is 12.8. The van der Waals surface area contributed by atoms with Crippen LogP contribution in [0.1, 0.15) is 36.4 Å². The maximum absolute atomic E-state index is 12.2. The molecule has 4 heteroatoms. The number of carbonyl (C=O) groups excluding carboxylic acids is 1. The van der Waals surface area contributed by atoms with Crippen molar-refractivity contribution in [2.24, 2.45) is 5.92 Å². The Balaban J connectivity index is 1.81. The molecule has 0 aromatic carbocycles. The van der Waals surface area contributed by atoms with Crippen LogP contribution in [0.25, 0.3) is 0 Å². The first-order chi connectivity index (χ1) is 9.24. The highest BCUT2D eigenvalue weighted by atomic mass is 32.1. The molecule has 106 valence electrons. The quantitative estimate of drug-likeness (QED) is 0.828. The van der Waals surface area contributed by atoms with Gasteiger partial charge in [-0.2, -0.15) is 0 Å². The summed E-state index contributed by atoms with van der Waals surface area (Å²) in [6, 6.07) is 3.88. The Morgan fingerprint density at radius 3 is 2.58 bits per heavy atom. The Bertz CT molecular complexity index is 379. The molecule has 1 aliphatic heterocycles. The Hall–Kier alpha value is -0.870. The van der Waals surface area contributed by atoms with Crippen molar-refractivity contribution < 1.29 is 4.79 Å². The summed E-state index contributed by atoms with van der Waals surface area (Å²) in [7, 11) is 0. The van der Waals surface area contributed by atoms with Crippen molar-refractivity contribution in [2.45, 2.75) is 26.7 Å². The van der Waals surface area contributed by atoms with Gasteiger partial charge in [-0.05, 0) is 43.3 Å². The standard InChI is InChI=1S/C15H24N2OS/c1-3-16(4-2)12-13-7-9-17(10-8-13)15(18)14-6-5-11-19-14/h5-6,11,13H,3-4,7-10,12H2,1-2H3. The Labute approximate surface area is 120 Å². The van der Waals surface area contributed by atoms with E-state index in [1.165, 1.54) is 6.54 Å². The van der Waals surface area contributed by atoms with E-state index < -0.39 is 0 Å². The fourth-order valence-electron chi connectivity index (χ4n) is 2.72. The molecule has 0 N–H and O–H groups in total. The molecule has 1 saturated heterocycles. The molecule has 0 radical (unpaired) electrons. The maximum Gasteiger partial charge on any atom is 0.263 e. The number of amides is 1. The van der Waals surface area contributed by atoms with Gasteiger partial charge in [-0.15, -0.1) is 11.3 Å². The van der Waals surface area contributed by atoms with E-state index in [1.54, 1.807) is 11.3 Å². The minimum absolute atomic E-state index is 0.219. The summed E-state index contributed by atoms with van der Waals surface area (Å²) >= 11 is 1.54. The van der Waals surface area contributed by atoms with Crippen LogP contribution < -0.4 is 0 Å². The van der Waals surface area contributed by atoms with Gasteiger partial charge < -0.3 is 9.80 Å². The molecular formula is C15H24N2OS. The molecule has 2 rings (SSSR count). The molecule has 0 unspecified atom stereocenters. The second kappa shape index (κ2) is 7.06. The average molecular weight is 280 g/mol. The zero-order chi connectivity index (χ0) is 13.7. The fraction of sp³-hybridized carbons (Fsp3) is 0.667. The van der Waals surface area contributed by atoms with Crippen LogP contribution in [0.15, 0.2) is 17.5 Å². The molecule has 2 heterocycles. The van der Waals surface area contributed by atoms with Gasteiger partial charge in [0.15, 0.2) is 0 Å². The zero-order valence-electron chi connectivity index (χ0n) is 12.0. The molecule has 0 atom stereocenters. The maximum atomic E-state index is 12.2. The molecule has 0 spiro atoms. The van der Waals surface area contributed by atoms with Crippen molar-refractivity contribution in [2.75, 3.05) is 32.7 Å². The fourth-order valence-corrected chi connectivity index (χ4v) is 3.41. The van der Waals surface area contributed by atoms with Crippen LogP contribution in [0.4, 0.5) is 0 Å². The lowest BCUT2D eigenvalue weighted by Crippen LogP contribution is -2.41. The summed E-state index contributed by atoms with van der Waals surface area (Å²) in [5.74, 6) is 0.976. The van der Waals surface area contributed by atoms with Gasteiger partial charge >= 0.3 is 0 Å². The van der Waals surface area contributed by atoms with Gasteiger partial charge in [0.2, 0.25) is 0 Å². The van der Waals surface area contributed by atoms with Crippen molar-refractivity contribution in [3.05, 3.63) is 22.4 Å². The highest BCUT2D eigenvalue weighted by Gasteiger charge is 2.24. The van der Waals surface area contributed by atoms with E-state index >= 15 is 0 Å². The third-order valence-electron chi connectivity index (χ3n) is 4.04. The van der Waals surface area contributed by atoms with Crippen molar-refractivity contribution in [3.8, 4) is 0 Å². The Morgan fingerprint density at radius 2 is 2.05 bits per heavy atom. The largest absolute Gasteiger partial charge is 0.338 e. The topological polar surface area (TPSA) is 23.6 Å². The lowest BCUT2D eigenvalue weighted by atomic mass is 9.96. The lowest BCUT2D eigenvalue weighted by molar-refractivity contribution is 0.0674. The van der Waals surface area contributed by atoms with Gasteiger partial charge in [0, 0.05) is 19.6 Å².